The zero-order valence-electron chi connectivity index (χ0n) is 7.41. The quantitative estimate of drug-likeness (QED) is 0.574. The Labute approximate surface area is 74.8 Å². The van der Waals surface area contributed by atoms with Crippen molar-refractivity contribution in [1.82, 2.24) is 0 Å². The number of benzene rings is 1. The van der Waals surface area contributed by atoms with E-state index in [4.69, 9.17) is 0 Å². The first-order valence-corrected chi connectivity index (χ1v) is 5.25. The summed E-state index contributed by atoms with van der Waals surface area (Å²) in [6.07, 6.45) is 0. The zero-order valence-corrected chi connectivity index (χ0v) is 8.31. The Bertz CT molecular complexity index is 401. The molecule has 1 aromatic rings. The fourth-order valence-corrected chi connectivity index (χ4v) is 2.66. The average Bonchev–Trinajstić information content (AvgIpc) is 2.47. The third-order valence-corrected chi connectivity index (χ3v) is 3.57. The minimum Gasteiger partial charge on any atom is -0.0616 e. The minimum absolute atomic E-state index is 0.673. The van der Waals surface area contributed by atoms with Gasteiger partial charge in [-0.2, -0.15) is 0 Å². The highest BCUT2D eigenvalue weighted by atomic mass is 31.1. The lowest BCUT2D eigenvalue weighted by Crippen LogP contribution is -2.22. The molecule has 0 aliphatic carbocycles. The van der Waals surface area contributed by atoms with Crippen molar-refractivity contribution in [2.45, 2.75) is 13.8 Å². The van der Waals surface area contributed by atoms with Crippen molar-refractivity contribution in [1.29, 1.82) is 0 Å². The van der Waals surface area contributed by atoms with Crippen LogP contribution in [0.3, 0.4) is 0 Å². The Morgan fingerprint density at radius 3 is 2.67 bits per heavy atom. The summed E-state index contributed by atoms with van der Waals surface area (Å²) in [6.45, 7) is 4.52. The number of rotatable bonds is 1. The van der Waals surface area contributed by atoms with Crippen LogP contribution in [0, 0.1) is 5.92 Å². The predicted molar refractivity (Wildman–Crippen MR) is 55.3 cm³/mol. The molecule has 61 valence electrons. The van der Waals surface area contributed by atoms with Gasteiger partial charge in [-0.3, -0.25) is 0 Å². The second kappa shape index (κ2) is 3.03. The van der Waals surface area contributed by atoms with E-state index in [9.17, 15) is 0 Å². The second-order valence-electron chi connectivity index (χ2n) is 3.39. The molecule has 0 saturated carbocycles. The van der Waals surface area contributed by atoms with Crippen molar-refractivity contribution < 1.29 is 0 Å². The molecule has 0 N–H and O–H groups in total. The van der Waals surface area contributed by atoms with Gasteiger partial charge >= 0.3 is 0 Å². The lowest BCUT2D eigenvalue weighted by molar-refractivity contribution is 0.871. The van der Waals surface area contributed by atoms with Gasteiger partial charge < -0.3 is 0 Å². The highest BCUT2D eigenvalue weighted by Crippen LogP contribution is 2.33. The van der Waals surface area contributed by atoms with Gasteiger partial charge in [0.05, 0.1) is 0 Å². The topological polar surface area (TPSA) is 0 Å². The van der Waals surface area contributed by atoms with E-state index in [1.54, 1.807) is 5.31 Å². The maximum Gasteiger partial charge on any atom is -0.0137 e. The lowest BCUT2D eigenvalue weighted by Gasteiger charge is -2.03. The molecule has 0 nitrogen and oxygen atoms in total. The largest absolute Gasteiger partial charge is 0.0616 e. The van der Waals surface area contributed by atoms with Gasteiger partial charge in [-0.05, 0) is 36.1 Å². The van der Waals surface area contributed by atoms with Crippen LogP contribution < -0.4 is 10.4 Å². The first kappa shape index (κ1) is 8.01. The molecule has 1 aromatic carbocycles. The van der Waals surface area contributed by atoms with Crippen LogP contribution in [0.15, 0.2) is 24.3 Å². The lowest BCUT2D eigenvalue weighted by atomic mass is 10.1. The molecule has 1 heteroatoms. The van der Waals surface area contributed by atoms with Crippen LogP contribution in [0.1, 0.15) is 13.8 Å². The molecular formula is C11H12P. The summed E-state index contributed by atoms with van der Waals surface area (Å²) >= 11 is 0. The van der Waals surface area contributed by atoms with Gasteiger partial charge in [0, 0.05) is 0 Å². The van der Waals surface area contributed by atoms with E-state index < -0.39 is 0 Å². The maximum atomic E-state index is 2.30. The van der Waals surface area contributed by atoms with Crippen molar-refractivity contribution in [3.63, 3.8) is 0 Å². The van der Waals surface area contributed by atoms with Crippen LogP contribution in [0.25, 0.3) is 11.1 Å². The zero-order chi connectivity index (χ0) is 8.55. The van der Waals surface area contributed by atoms with Gasteiger partial charge in [-0.1, -0.05) is 38.1 Å². The molecule has 12 heavy (non-hydrogen) atoms. The van der Waals surface area contributed by atoms with Gasteiger partial charge in [0.25, 0.3) is 0 Å². The maximum absolute atomic E-state index is 2.30. The number of fused-ring (bicyclic) bond motifs is 1. The van der Waals surface area contributed by atoms with Crippen molar-refractivity contribution in [2.24, 2.45) is 5.92 Å². The Balaban J connectivity index is 2.74. The Morgan fingerprint density at radius 1 is 1.17 bits per heavy atom. The summed E-state index contributed by atoms with van der Waals surface area (Å²) in [4.78, 5) is 0. The summed E-state index contributed by atoms with van der Waals surface area (Å²) in [6, 6.07) is 8.64. The summed E-state index contributed by atoms with van der Waals surface area (Å²) in [5.41, 5.74) is 0. The molecule has 1 aliphatic rings. The second-order valence-corrected chi connectivity index (χ2v) is 4.38. The van der Waals surface area contributed by atoms with Crippen LogP contribution in [-0.2, 0) is 0 Å². The summed E-state index contributed by atoms with van der Waals surface area (Å²) in [5, 5.41) is 4.42. The van der Waals surface area contributed by atoms with E-state index in [2.05, 4.69) is 43.9 Å². The summed E-state index contributed by atoms with van der Waals surface area (Å²) in [5.74, 6) is 2.97. The molecule has 0 amide bonds. The van der Waals surface area contributed by atoms with Crippen molar-refractivity contribution >= 4 is 19.7 Å². The Kier molecular flexibility index (Phi) is 2.02. The van der Waals surface area contributed by atoms with E-state index in [1.165, 1.54) is 19.0 Å². The van der Waals surface area contributed by atoms with Crippen LogP contribution in [-0.4, -0.2) is 0 Å². The van der Waals surface area contributed by atoms with Crippen LogP contribution in [0.2, 0.25) is 0 Å². The molecule has 2 rings (SSSR count). The molecule has 1 aliphatic heterocycles. The van der Waals surface area contributed by atoms with Crippen molar-refractivity contribution in [2.75, 3.05) is 0 Å². The molecule has 0 atom stereocenters. The first-order valence-electron chi connectivity index (χ1n) is 4.29. The molecule has 0 unspecified atom stereocenters. The van der Waals surface area contributed by atoms with Gasteiger partial charge in [0.2, 0.25) is 0 Å². The van der Waals surface area contributed by atoms with Gasteiger partial charge in [-0.15, -0.1) is 0 Å². The average molecular weight is 175 g/mol. The molecule has 0 aromatic heterocycles. The van der Waals surface area contributed by atoms with E-state index in [-0.39, 0.29) is 0 Å². The third-order valence-electron chi connectivity index (χ3n) is 2.13. The minimum atomic E-state index is 0.673. The molecule has 0 fully saturated rings. The molecule has 0 bridgehead atoms. The van der Waals surface area contributed by atoms with Crippen molar-refractivity contribution in [3.05, 3.63) is 34.7 Å². The SMILES string of the molecule is CC(C)C1=c2ccccc2=C[P]1. The van der Waals surface area contributed by atoms with E-state index >= 15 is 0 Å². The molecule has 1 heterocycles. The molecule has 0 spiro atoms. The highest BCUT2D eigenvalue weighted by Gasteiger charge is 2.08. The summed E-state index contributed by atoms with van der Waals surface area (Å²) in [7, 11) is 1.39. The summed E-state index contributed by atoms with van der Waals surface area (Å²) < 4.78 is 0. The fourth-order valence-electron chi connectivity index (χ4n) is 1.51. The van der Waals surface area contributed by atoms with Gasteiger partial charge in [-0.25, -0.2) is 0 Å². The first-order chi connectivity index (χ1) is 5.79. The van der Waals surface area contributed by atoms with Gasteiger partial charge in [0.1, 0.15) is 0 Å². The van der Waals surface area contributed by atoms with Crippen LogP contribution >= 0.6 is 8.58 Å². The van der Waals surface area contributed by atoms with E-state index in [1.807, 2.05) is 0 Å². The molecule has 0 saturated heterocycles. The monoisotopic (exact) mass is 175 g/mol. The molecule has 1 radical (unpaired) electrons. The number of hydrogen-bond donors (Lipinski definition) is 0. The normalized spacial score (nSPS) is 16.8. The van der Waals surface area contributed by atoms with Crippen LogP contribution in [0.5, 0.6) is 0 Å². The highest BCUT2D eigenvalue weighted by molar-refractivity contribution is 7.58. The van der Waals surface area contributed by atoms with Crippen LogP contribution in [0.4, 0.5) is 0 Å². The Morgan fingerprint density at radius 2 is 1.92 bits per heavy atom. The predicted octanol–water partition coefficient (Wildman–Crippen LogP) is 2.15. The van der Waals surface area contributed by atoms with E-state index in [0.717, 1.165) is 0 Å². The third kappa shape index (κ3) is 1.21. The van der Waals surface area contributed by atoms with E-state index in [0.29, 0.717) is 5.92 Å². The molecular weight excluding hydrogens is 163 g/mol. The Hall–Kier alpha value is -0.610. The number of hydrogen-bond acceptors (Lipinski definition) is 0. The smallest absolute Gasteiger partial charge is 0.0137 e. The fraction of sp³-hybridized carbons (Fsp3) is 0.273. The standard InChI is InChI=1S/C11H12P/c1-8(2)11-10-6-4-3-5-9(10)7-12-11/h3-8H,1-2H3. The van der Waals surface area contributed by atoms with Gasteiger partial charge in [0.15, 0.2) is 0 Å². The van der Waals surface area contributed by atoms with Crippen molar-refractivity contribution in [3.8, 4) is 0 Å².